The second kappa shape index (κ2) is 9.34. The van der Waals surface area contributed by atoms with Gasteiger partial charge in [0, 0.05) is 16.8 Å². The van der Waals surface area contributed by atoms with Gasteiger partial charge in [0.05, 0.1) is 9.92 Å². The van der Waals surface area contributed by atoms with Gasteiger partial charge in [-0.2, -0.15) is 0 Å². The minimum atomic E-state index is -3.64. The molecule has 0 aromatic heterocycles. The van der Waals surface area contributed by atoms with Gasteiger partial charge < -0.3 is 10.1 Å². The first-order valence-corrected chi connectivity index (χ1v) is 11.5. The number of hydrogen-bond donors (Lipinski definition) is 2. The van der Waals surface area contributed by atoms with Gasteiger partial charge in [-0.15, -0.1) is 0 Å². The molecule has 3 rings (SSSR count). The van der Waals surface area contributed by atoms with Crippen molar-refractivity contribution in [1.29, 1.82) is 0 Å². The summed E-state index contributed by atoms with van der Waals surface area (Å²) in [6, 6.07) is 9.34. The fourth-order valence-electron chi connectivity index (χ4n) is 3.11. The monoisotopic (exact) mass is 456 g/mol. The topological polar surface area (TPSA) is 84.5 Å². The summed E-state index contributed by atoms with van der Waals surface area (Å²) in [5.41, 5.74) is 1.46. The third-order valence-electron chi connectivity index (χ3n) is 4.70. The van der Waals surface area contributed by atoms with Gasteiger partial charge in [0.15, 0.2) is 6.61 Å². The Balaban J connectivity index is 1.59. The van der Waals surface area contributed by atoms with Gasteiger partial charge in [-0.25, -0.2) is 13.1 Å². The minimum Gasteiger partial charge on any atom is -0.482 e. The lowest BCUT2D eigenvalue weighted by Crippen LogP contribution is -2.32. The molecule has 0 radical (unpaired) electrons. The molecule has 0 heterocycles. The third kappa shape index (κ3) is 5.85. The summed E-state index contributed by atoms with van der Waals surface area (Å²) in [6.45, 7) is 1.59. The highest BCUT2D eigenvalue weighted by Gasteiger charge is 2.23. The van der Waals surface area contributed by atoms with Crippen LogP contribution in [0, 0.1) is 6.92 Å². The third-order valence-corrected chi connectivity index (χ3v) is 6.93. The van der Waals surface area contributed by atoms with E-state index in [0.717, 1.165) is 31.2 Å². The molecule has 1 amide bonds. The zero-order valence-corrected chi connectivity index (χ0v) is 18.2. The highest BCUT2D eigenvalue weighted by molar-refractivity contribution is 7.89. The molecular weight excluding hydrogens is 435 g/mol. The van der Waals surface area contributed by atoms with E-state index in [0.29, 0.717) is 10.7 Å². The Bertz CT molecular complexity index is 1010. The standard InChI is InChI=1S/C20H22Cl2N2O4S/c1-13-6-7-15(10-17(13)21)23-20(25)12-28-19-9-8-16(11-18(19)22)29(26,27)24-14-4-2-3-5-14/h6-11,14,24H,2-5,12H2,1H3,(H,23,25). The lowest BCUT2D eigenvalue weighted by molar-refractivity contribution is -0.118. The highest BCUT2D eigenvalue weighted by atomic mass is 35.5. The van der Waals surface area contributed by atoms with E-state index in [4.69, 9.17) is 27.9 Å². The van der Waals surface area contributed by atoms with Gasteiger partial charge in [-0.3, -0.25) is 4.79 Å². The maximum Gasteiger partial charge on any atom is 0.262 e. The Labute approximate surface area is 180 Å². The molecule has 0 bridgehead atoms. The van der Waals surface area contributed by atoms with Crippen molar-refractivity contribution in [3.63, 3.8) is 0 Å². The van der Waals surface area contributed by atoms with Gasteiger partial charge in [-0.05, 0) is 55.7 Å². The molecule has 2 aromatic rings. The van der Waals surface area contributed by atoms with Crippen LogP contribution in [0.1, 0.15) is 31.2 Å². The van der Waals surface area contributed by atoms with Crippen LogP contribution in [0.3, 0.4) is 0 Å². The summed E-state index contributed by atoms with van der Waals surface area (Å²) in [5.74, 6) is -0.163. The maximum absolute atomic E-state index is 12.5. The Morgan fingerprint density at radius 1 is 1.10 bits per heavy atom. The second-order valence-electron chi connectivity index (χ2n) is 7.00. The van der Waals surface area contributed by atoms with Crippen LogP contribution in [0.25, 0.3) is 0 Å². The molecule has 29 heavy (non-hydrogen) atoms. The van der Waals surface area contributed by atoms with Crippen LogP contribution in [0.5, 0.6) is 5.75 Å². The first kappa shape index (κ1) is 21.9. The largest absolute Gasteiger partial charge is 0.482 e. The number of ether oxygens (including phenoxy) is 1. The van der Waals surface area contributed by atoms with Crippen LogP contribution >= 0.6 is 23.2 Å². The molecule has 1 saturated carbocycles. The number of rotatable bonds is 7. The van der Waals surface area contributed by atoms with E-state index in [1.165, 1.54) is 18.2 Å². The van der Waals surface area contributed by atoms with Crippen LogP contribution in [0.2, 0.25) is 10.0 Å². The Kier molecular flexibility index (Phi) is 7.05. The quantitative estimate of drug-likeness (QED) is 0.640. The molecule has 1 fully saturated rings. The Hall–Kier alpha value is -1.80. The van der Waals surface area contributed by atoms with Crippen molar-refractivity contribution in [2.75, 3.05) is 11.9 Å². The number of amides is 1. The second-order valence-corrected chi connectivity index (χ2v) is 9.52. The summed E-state index contributed by atoms with van der Waals surface area (Å²) in [7, 11) is -3.64. The van der Waals surface area contributed by atoms with E-state index in [2.05, 4.69) is 10.0 Å². The fourth-order valence-corrected chi connectivity index (χ4v) is 4.92. The number of carbonyl (C=O) groups is 1. The van der Waals surface area contributed by atoms with Crippen molar-refractivity contribution in [3.8, 4) is 5.75 Å². The fraction of sp³-hybridized carbons (Fsp3) is 0.350. The molecule has 2 N–H and O–H groups in total. The van der Waals surface area contributed by atoms with Crippen LogP contribution in [0.15, 0.2) is 41.3 Å². The molecule has 0 unspecified atom stereocenters. The van der Waals surface area contributed by atoms with E-state index in [1.807, 2.05) is 6.92 Å². The van der Waals surface area contributed by atoms with Gasteiger partial charge >= 0.3 is 0 Å². The number of anilines is 1. The lowest BCUT2D eigenvalue weighted by Gasteiger charge is -2.14. The number of aryl methyl sites for hydroxylation is 1. The first-order valence-electron chi connectivity index (χ1n) is 9.25. The van der Waals surface area contributed by atoms with E-state index in [-0.39, 0.29) is 34.2 Å². The number of nitrogens with one attached hydrogen (secondary N) is 2. The lowest BCUT2D eigenvalue weighted by atomic mass is 10.2. The summed E-state index contributed by atoms with van der Waals surface area (Å²) in [4.78, 5) is 12.2. The zero-order valence-electron chi connectivity index (χ0n) is 15.9. The summed E-state index contributed by atoms with van der Waals surface area (Å²) in [6.07, 6.45) is 3.74. The number of hydrogen-bond acceptors (Lipinski definition) is 4. The molecule has 0 spiro atoms. The number of sulfonamides is 1. The highest BCUT2D eigenvalue weighted by Crippen LogP contribution is 2.28. The molecule has 0 atom stereocenters. The van der Waals surface area contributed by atoms with Gasteiger partial charge in [0.25, 0.3) is 5.91 Å². The van der Waals surface area contributed by atoms with Crippen molar-refractivity contribution in [3.05, 3.63) is 52.0 Å². The smallest absolute Gasteiger partial charge is 0.262 e. The van der Waals surface area contributed by atoms with E-state index in [9.17, 15) is 13.2 Å². The maximum atomic E-state index is 12.5. The zero-order chi connectivity index (χ0) is 21.0. The van der Waals surface area contributed by atoms with Crippen LogP contribution < -0.4 is 14.8 Å². The molecule has 9 heteroatoms. The van der Waals surface area contributed by atoms with E-state index in [1.54, 1.807) is 18.2 Å². The van der Waals surface area contributed by atoms with Crippen molar-refractivity contribution in [2.45, 2.75) is 43.5 Å². The van der Waals surface area contributed by atoms with Crippen molar-refractivity contribution < 1.29 is 17.9 Å². The summed E-state index contributed by atoms with van der Waals surface area (Å²) < 4.78 is 33.1. The minimum absolute atomic E-state index is 0.0336. The van der Waals surface area contributed by atoms with Gasteiger partial charge in [0.1, 0.15) is 5.75 Å². The van der Waals surface area contributed by atoms with Crippen molar-refractivity contribution >= 4 is 44.8 Å². The predicted octanol–water partition coefficient (Wildman–Crippen LogP) is 4.54. The summed E-state index contributed by atoms with van der Waals surface area (Å²) >= 11 is 12.2. The molecule has 156 valence electrons. The normalized spacial score (nSPS) is 14.7. The van der Waals surface area contributed by atoms with Crippen molar-refractivity contribution in [1.82, 2.24) is 4.72 Å². The first-order chi connectivity index (χ1) is 13.7. The Morgan fingerprint density at radius 3 is 2.48 bits per heavy atom. The molecule has 0 saturated heterocycles. The van der Waals surface area contributed by atoms with Crippen LogP contribution in [0.4, 0.5) is 5.69 Å². The predicted molar refractivity (Wildman–Crippen MR) is 114 cm³/mol. The number of carbonyl (C=O) groups excluding carboxylic acids is 1. The average molecular weight is 457 g/mol. The summed E-state index contributed by atoms with van der Waals surface area (Å²) in [5, 5.41) is 3.35. The number of halogens is 2. The molecule has 1 aliphatic carbocycles. The van der Waals surface area contributed by atoms with Crippen LogP contribution in [-0.2, 0) is 14.8 Å². The number of benzene rings is 2. The van der Waals surface area contributed by atoms with E-state index >= 15 is 0 Å². The molecule has 0 aliphatic heterocycles. The molecule has 6 nitrogen and oxygen atoms in total. The molecule has 1 aliphatic rings. The van der Waals surface area contributed by atoms with Crippen LogP contribution in [-0.4, -0.2) is 27.0 Å². The van der Waals surface area contributed by atoms with Gasteiger partial charge in [0.2, 0.25) is 10.0 Å². The SMILES string of the molecule is Cc1ccc(NC(=O)COc2ccc(S(=O)(=O)NC3CCCC3)cc2Cl)cc1Cl. The molecular formula is C20H22Cl2N2O4S. The molecule has 2 aromatic carbocycles. The average Bonchev–Trinajstić information content (AvgIpc) is 3.16. The Morgan fingerprint density at radius 2 is 1.83 bits per heavy atom. The van der Waals surface area contributed by atoms with Gasteiger partial charge in [-0.1, -0.05) is 42.1 Å². The van der Waals surface area contributed by atoms with Crippen molar-refractivity contribution in [2.24, 2.45) is 0 Å². The van der Waals surface area contributed by atoms with E-state index < -0.39 is 10.0 Å².